The molecule has 0 radical (unpaired) electrons. The fourth-order valence-corrected chi connectivity index (χ4v) is 2.21. The molecule has 2 rings (SSSR count). The number of hydrogen-bond donors (Lipinski definition) is 0. The fourth-order valence-electron chi connectivity index (χ4n) is 1.76. The first kappa shape index (κ1) is 14.8. The maximum Gasteiger partial charge on any atom is 0.130 e. The van der Waals surface area contributed by atoms with Gasteiger partial charge in [0.05, 0.1) is 0 Å². The molecule has 0 spiro atoms. The van der Waals surface area contributed by atoms with E-state index in [9.17, 15) is 0 Å². The zero-order chi connectivity index (χ0) is 15.1. The summed E-state index contributed by atoms with van der Waals surface area (Å²) in [5, 5.41) is 17.7. The third-order valence-corrected chi connectivity index (χ3v) is 3.24. The minimum Gasteiger partial charge on any atom is -0.488 e. The third kappa shape index (κ3) is 4.21. The molecule has 21 heavy (non-hydrogen) atoms. The van der Waals surface area contributed by atoms with Crippen molar-refractivity contribution in [3.63, 3.8) is 0 Å². The maximum atomic E-state index is 8.83. The summed E-state index contributed by atoms with van der Waals surface area (Å²) in [6.45, 7) is 0.415. The first-order chi connectivity index (χ1) is 10.2. The van der Waals surface area contributed by atoms with Gasteiger partial charge in [-0.3, -0.25) is 0 Å². The quantitative estimate of drug-likeness (QED) is 0.773. The molecule has 2 aromatic carbocycles. The molecule has 0 aliphatic heterocycles. The zero-order valence-electron chi connectivity index (χ0n) is 11.1. The molecule has 0 atom stereocenters. The summed E-state index contributed by atoms with van der Waals surface area (Å²) in [7, 11) is 0. The molecule has 0 heterocycles. The minimum atomic E-state index is 0.0495. The summed E-state index contributed by atoms with van der Waals surface area (Å²) in [6.07, 6.45) is 1.52. The molecule has 0 aromatic heterocycles. The highest BCUT2D eigenvalue weighted by Crippen LogP contribution is 2.22. The number of para-hydroxylation sites is 1. The number of rotatable bonds is 4. The Morgan fingerprint density at radius 2 is 1.86 bits per heavy atom. The second kappa shape index (κ2) is 7.28. The molecule has 0 aliphatic rings. The van der Waals surface area contributed by atoms with Crippen molar-refractivity contribution >= 4 is 22.0 Å². The summed E-state index contributed by atoms with van der Waals surface area (Å²) in [6, 6.07) is 18.9. The summed E-state index contributed by atoms with van der Waals surface area (Å²) in [4.78, 5) is 0. The van der Waals surface area contributed by atoms with Gasteiger partial charge in [-0.25, -0.2) is 0 Å². The standard InChI is InChI=1S/C17H11BrN2O/c18-16-6-3-4-13(9-16)12-21-17-7-2-1-5-15(17)8-14(10-19)11-20/h1-9H,12H2. The Morgan fingerprint density at radius 1 is 1.10 bits per heavy atom. The van der Waals surface area contributed by atoms with Crippen LogP contribution in [0.2, 0.25) is 0 Å². The third-order valence-electron chi connectivity index (χ3n) is 2.74. The molecule has 4 heteroatoms. The normalized spacial score (nSPS) is 9.29. The number of allylic oxidation sites excluding steroid dienone is 1. The van der Waals surface area contributed by atoms with Crippen molar-refractivity contribution in [1.82, 2.24) is 0 Å². The van der Waals surface area contributed by atoms with Gasteiger partial charge >= 0.3 is 0 Å². The van der Waals surface area contributed by atoms with Crippen LogP contribution in [0.1, 0.15) is 11.1 Å². The van der Waals surface area contributed by atoms with Crippen molar-refractivity contribution in [3.05, 3.63) is 69.7 Å². The van der Waals surface area contributed by atoms with E-state index in [2.05, 4.69) is 15.9 Å². The molecular formula is C17H11BrN2O. The van der Waals surface area contributed by atoms with E-state index in [0.29, 0.717) is 17.9 Å². The summed E-state index contributed by atoms with van der Waals surface area (Å²) >= 11 is 3.42. The van der Waals surface area contributed by atoms with Gasteiger partial charge in [0.2, 0.25) is 0 Å². The van der Waals surface area contributed by atoms with Gasteiger partial charge in [-0.1, -0.05) is 46.3 Å². The van der Waals surface area contributed by atoms with Crippen LogP contribution in [0.25, 0.3) is 6.08 Å². The maximum absolute atomic E-state index is 8.83. The number of ether oxygens (including phenoxy) is 1. The fraction of sp³-hybridized carbons (Fsp3) is 0.0588. The van der Waals surface area contributed by atoms with Crippen molar-refractivity contribution in [2.45, 2.75) is 6.61 Å². The van der Waals surface area contributed by atoms with Crippen LogP contribution in [0.3, 0.4) is 0 Å². The summed E-state index contributed by atoms with van der Waals surface area (Å²) in [5.41, 5.74) is 1.79. The number of benzene rings is 2. The highest BCUT2D eigenvalue weighted by molar-refractivity contribution is 9.10. The molecule has 0 amide bonds. The van der Waals surface area contributed by atoms with E-state index in [1.165, 1.54) is 6.08 Å². The van der Waals surface area contributed by atoms with E-state index in [-0.39, 0.29) is 5.57 Å². The van der Waals surface area contributed by atoms with Gasteiger partial charge in [0, 0.05) is 10.0 Å². The van der Waals surface area contributed by atoms with Crippen LogP contribution in [0, 0.1) is 22.7 Å². The molecule has 0 saturated heterocycles. The van der Waals surface area contributed by atoms with E-state index >= 15 is 0 Å². The van der Waals surface area contributed by atoms with Crippen LogP contribution < -0.4 is 4.74 Å². The van der Waals surface area contributed by atoms with E-state index in [0.717, 1.165) is 10.0 Å². The van der Waals surface area contributed by atoms with Gasteiger partial charge in [0.25, 0.3) is 0 Å². The highest BCUT2D eigenvalue weighted by Gasteiger charge is 2.03. The van der Waals surface area contributed by atoms with E-state index in [1.807, 2.05) is 60.7 Å². The van der Waals surface area contributed by atoms with Crippen LogP contribution >= 0.6 is 15.9 Å². The van der Waals surface area contributed by atoms with Gasteiger partial charge in [0.15, 0.2) is 0 Å². The molecular weight excluding hydrogens is 328 g/mol. The Hall–Kier alpha value is -2.56. The molecule has 0 bridgehead atoms. The van der Waals surface area contributed by atoms with E-state index in [4.69, 9.17) is 15.3 Å². The van der Waals surface area contributed by atoms with Crippen LogP contribution in [-0.2, 0) is 6.61 Å². The summed E-state index contributed by atoms with van der Waals surface area (Å²) < 4.78 is 6.78. The molecule has 0 saturated carbocycles. The van der Waals surface area contributed by atoms with Gasteiger partial charge in [-0.2, -0.15) is 10.5 Å². The largest absolute Gasteiger partial charge is 0.488 e. The number of nitrogens with zero attached hydrogens (tertiary/aromatic N) is 2. The molecule has 0 aliphatic carbocycles. The minimum absolute atomic E-state index is 0.0495. The van der Waals surface area contributed by atoms with Gasteiger partial charge in [-0.05, 0) is 29.8 Å². The van der Waals surface area contributed by atoms with Gasteiger partial charge in [0.1, 0.15) is 30.1 Å². The molecule has 3 nitrogen and oxygen atoms in total. The van der Waals surface area contributed by atoms with E-state index in [1.54, 1.807) is 0 Å². The average molecular weight is 339 g/mol. The van der Waals surface area contributed by atoms with Crippen molar-refractivity contribution < 1.29 is 4.74 Å². The Kier molecular flexibility index (Phi) is 5.15. The monoisotopic (exact) mass is 338 g/mol. The lowest BCUT2D eigenvalue weighted by molar-refractivity contribution is 0.305. The predicted molar refractivity (Wildman–Crippen MR) is 84.1 cm³/mol. The lowest BCUT2D eigenvalue weighted by atomic mass is 10.1. The Balaban J connectivity index is 2.20. The van der Waals surface area contributed by atoms with Crippen LogP contribution in [-0.4, -0.2) is 0 Å². The highest BCUT2D eigenvalue weighted by atomic mass is 79.9. The second-order valence-corrected chi connectivity index (χ2v) is 5.15. The van der Waals surface area contributed by atoms with Crippen molar-refractivity contribution in [3.8, 4) is 17.9 Å². The van der Waals surface area contributed by atoms with Gasteiger partial charge < -0.3 is 4.74 Å². The number of hydrogen-bond acceptors (Lipinski definition) is 3. The smallest absolute Gasteiger partial charge is 0.130 e. The lowest BCUT2D eigenvalue weighted by Gasteiger charge is -2.09. The lowest BCUT2D eigenvalue weighted by Crippen LogP contribution is -1.97. The second-order valence-electron chi connectivity index (χ2n) is 4.24. The van der Waals surface area contributed by atoms with Gasteiger partial charge in [-0.15, -0.1) is 0 Å². The van der Waals surface area contributed by atoms with Crippen molar-refractivity contribution in [2.75, 3.05) is 0 Å². The molecule has 102 valence electrons. The first-order valence-electron chi connectivity index (χ1n) is 6.21. The zero-order valence-corrected chi connectivity index (χ0v) is 12.7. The first-order valence-corrected chi connectivity index (χ1v) is 7.00. The molecule has 0 N–H and O–H groups in total. The van der Waals surface area contributed by atoms with E-state index < -0.39 is 0 Å². The SMILES string of the molecule is N#CC(C#N)=Cc1ccccc1OCc1cccc(Br)c1. The Bertz CT molecular complexity index is 738. The Morgan fingerprint density at radius 3 is 2.57 bits per heavy atom. The van der Waals surface area contributed by atoms with Crippen molar-refractivity contribution in [1.29, 1.82) is 10.5 Å². The Labute approximate surface area is 131 Å². The number of nitriles is 2. The summed E-state index contributed by atoms with van der Waals surface area (Å²) in [5.74, 6) is 0.639. The van der Waals surface area contributed by atoms with Crippen molar-refractivity contribution in [2.24, 2.45) is 0 Å². The topological polar surface area (TPSA) is 56.8 Å². The molecule has 0 unspecified atom stereocenters. The van der Waals surface area contributed by atoms with Crippen LogP contribution in [0.4, 0.5) is 0 Å². The number of halogens is 1. The molecule has 0 fully saturated rings. The van der Waals surface area contributed by atoms with Crippen LogP contribution in [0.15, 0.2) is 58.6 Å². The predicted octanol–water partition coefficient (Wildman–Crippen LogP) is 4.46. The average Bonchev–Trinajstić information content (AvgIpc) is 2.51. The van der Waals surface area contributed by atoms with Crippen LogP contribution in [0.5, 0.6) is 5.75 Å². The molecule has 2 aromatic rings.